The summed E-state index contributed by atoms with van der Waals surface area (Å²) in [6.07, 6.45) is -0.490. The molecule has 1 aliphatic heterocycles. The van der Waals surface area contributed by atoms with E-state index in [-0.39, 0.29) is 5.82 Å². The number of ether oxygens (including phenoxy) is 2. The van der Waals surface area contributed by atoms with Crippen LogP contribution in [-0.2, 0) is 17.1 Å². The second kappa shape index (κ2) is 8.17. The van der Waals surface area contributed by atoms with Crippen LogP contribution in [0.5, 0.6) is 5.75 Å². The van der Waals surface area contributed by atoms with E-state index in [0.29, 0.717) is 28.8 Å². The summed E-state index contributed by atoms with van der Waals surface area (Å²) >= 11 is 3.01. The van der Waals surface area contributed by atoms with Crippen molar-refractivity contribution < 1.29 is 13.9 Å². The predicted octanol–water partition coefficient (Wildman–Crippen LogP) is 5.07. The number of fused-ring (bicyclic) bond motifs is 1. The summed E-state index contributed by atoms with van der Waals surface area (Å²) in [4.78, 5) is 0. The first-order valence-corrected chi connectivity index (χ1v) is 11.2. The van der Waals surface area contributed by atoms with Crippen molar-refractivity contribution in [3.63, 3.8) is 0 Å². The van der Waals surface area contributed by atoms with Gasteiger partial charge in [0.15, 0.2) is 0 Å². The van der Waals surface area contributed by atoms with Crippen LogP contribution in [0.2, 0.25) is 0 Å². The van der Waals surface area contributed by atoms with Gasteiger partial charge in [-0.3, -0.25) is 0 Å². The molecule has 0 spiro atoms. The molecule has 2 aromatic heterocycles. The number of benzene rings is 2. The minimum absolute atomic E-state index is 0.298. The Bertz CT molecular complexity index is 1160. The van der Waals surface area contributed by atoms with Crippen LogP contribution in [0.4, 0.5) is 4.39 Å². The number of nitrogens with zero attached hydrogens (tertiary/aromatic N) is 4. The second-order valence-corrected chi connectivity index (χ2v) is 8.59. The molecule has 0 saturated carbocycles. The minimum atomic E-state index is -0.490. The Labute approximate surface area is 180 Å². The Balaban J connectivity index is 1.40. The number of aromatic nitrogens is 4. The number of thioether (sulfide) groups is 1. The lowest BCUT2D eigenvalue weighted by atomic mass is 10.1. The number of rotatable bonds is 5. The van der Waals surface area contributed by atoms with Gasteiger partial charge in [0.1, 0.15) is 11.6 Å². The largest absolute Gasteiger partial charge is 0.460 e. The van der Waals surface area contributed by atoms with Gasteiger partial charge in [-0.05, 0) is 53.1 Å². The second-order valence-electron chi connectivity index (χ2n) is 6.87. The number of hydrogen-bond acceptors (Lipinski definition) is 7. The van der Waals surface area contributed by atoms with Gasteiger partial charge in [0.05, 0.1) is 12.3 Å². The number of halogens is 1. The van der Waals surface area contributed by atoms with Gasteiger partial charge in [-0.2, -0.15) is 16.0 Å². The molecule has 0 N–H and O–H groups in total. The van der Waals surface area contributed by atoms with Gasteiger partial charge in [-0.25, -0.2) is 4.39 Å². The summed E-state index contributed by atoms with van der Waals surface area (Å²) in [6, 6.07) is 12.9. The molecule has 3 heterocycles. The normalized spacial score (nSPS) is 15.6. The standard InChI is InChI=1S/C21H17FN4O2S2/c1-13-2-4-18(5-3-13)26-21(23-24-25-26)30-12-16-9-17(22)8-15-10-27-20(28-19(15)16)14-6-7-29-11-14/h2-9,11,20H,10,12H2,1H3/t20-/m1/s1. The van der Waals surface area contributed by atoms with Gasteiger partial charge >= 0.3 is 0 Å². The topological polar surface area (TPSA) is 62.1 Å². The van der Waals surface area contributed by atoms with E-state index < -0.39 is 6.29 Å². The molecule has 5 rings (SSSR count). The van der Waals surface area contributed by atoms with Crippen molar-refractivity contribution in [1.82, 2.24) is 20.2 Å². The van der Waals surface area contributed by atoms with Gasteiger partial charge in [0.2, 0.25) is 11.4 Å². The average molecular weight is 441 g/mol. The molecule has 0 radical (unpaired) electrons. The number of hydrogen-bond donors (Lipinski definition) is 0. The third kappa shape index (κ3) is 3.83. The lowest BCUT2D eigenvalue weighted by Crippen LogP contribution is -2.18. The SMILES string of the molecule is Cc1ccc(-n2nnnc2SCc2cc(F)cc3c2O[C@H](c2ccsc2)OC3)cc1. The summed E-state index contributed by atoms with van der Waals surface area (Å²) in [5, 5.41) is 16.6. The van der Waals surface area contributed by atoms with E-state index in [1.165, 1.54) is 23.9 Å². The summed E-state index contributed by atoms with van der Waals surface area (Å²) in [5.41, 5.74) is 4.44. The fraction of sp³-hybridized carbons (Fsp3) is 0.190. The molecule has 0 aliphatic carbocycles. The van der Waals surface area contributed by atoms with Crippen LogP contribution in [0.1, 0.15) is 28.5 Å². The van der Waals surface area contributed by atoms with Gasteiger partial charge in [0, 0.05) is 27.8 Å². The quantitative estimate of drug-likeness (QED) is 0.404. The van der Waals surface area contributed by atoms with Crippen molar-refractivity contribution in [1.29, 1.82) is 0 Å². The molecule has 30 heavy (non-hydrogen) atoms. The van der Waals surface area contributed by atoms with Crippen LogP contribution in [0.15, 0.2) is 58.4 Å². The summed E-state index contributed by atoms with van der Waals surface area (Å²) in [6.45, 7) is 2.32. The molecule has 0 saturated heterocycles. The minimum Gasteiger partial charge on any atom is -0.460 e. The van der Waals surface area contributed by atoms with Crippen molar-refractivity contribution in [3.05, 3.63) is 81.3 Å². The Morgan fingerprint density at radius 1 is 1.23 bits per heavy atom. The molecule has 1 atom stereocenters. The third-order valence-corrected chi connectivity index (χ3v) is 6.38. The fourth-order valence-corrected chi connectivity index (χ4v) is 4.74. The van der Waals surface area contributed by atoms with Gasteiger partial charge in [-0.15, -0.1) is 5.10 Å². The van der Waals surface area contributed by atoms with Crippen molar-refractivity contribution in [3.8, 4) is 11.4 Å². The molecule has 4 aromatic rings. The van der Waals surface area contributed by atoms with E-state index in [2.05, 4.69) is 15.5 Å². The highest BCUT2D eigenvalue weighted by molar-refractivity contribution is 7.98. The van der Waals surface area contributed by atoms with Gasteiger partial charge in [-0.1, -0.05) is 29.5 Å². The Kier molecular flexibility index (Phi) is 5.24. The van der Waals surface area contributed by atoms with Crippen LogP contribution in [0, 0.1) is 12.7 Å². The van der Waals surface area contributed by atoms with Crippen LogP contribution in [0.25, 0.3) is 5.69 Å². The first-order valence-electron chi connectivity index (χ1n) is 9.27. The highest BCUT2D eigenvalue weighted by Crippen LogP contribution is 2.39. The molecule has 6 nitrogen and oxygen atoms in total. The Morgan fingerprint density at radius 2 is 2.10 bits per heavy atom. The molecule has 0 unspecified atom stereocenters. The molecule has 0 amide bonds. The molecule has 152 valence electrons. The number of tetrazole rings is 1. The number of aryl methyl sites for hydroxylation is 1. The highest BCUT2D eigenvalue weighted by Gasteiger charge is 2.26. The molecule has 9 heteroatoms. The zero-order valence-corrected chi connectivity index (χ0v) is 17.6. The van der Waals surface area contributed by atoms with Gasteiger partial charge < -0.3 is 9.47 Å². The van der Waals surface area contributed by atoms with Crippen LogP contribution in [-0.4, -0.2) is 20.2 Å². The maximum atomic E-state index is 14.2. The van der Waals surface area contributed by atoms with Gasteiger partial charge in [0.25, 0.3) is 0 Å². The highest BCUT2D eigenvalue weighted by atomic mass is 32.2. The monoisotopic (exact) mass is 440 g/mol. The average Bonchev–Trinajstić information content (AvgIpc) is 3.44. The molecular formula is C21H17FN4O2S2. The zero-order valence-electron chi connectivity index (χ0n) is 16.0. The van der Waals surface area contributed by atoms with E-state index >= 15 is 0 Å². The molecule has 0 fully saturated rings. The van der Waals surface area contributed by atoms with Crippen LogP contribution in [0.3, 0.4) is 0 Å². The first kappa shape index (κ1) is 19.2. The molecular weight excluding hydrogens is 423 g/mol. The predicted molar refractivity (Wildman–Crippen MR) is 112 cm³/mol. The molecule has 2 aromatic carbocycles. The lowest BCUT2D eigenvalue weighted by Gasteiger charge is -2.27. The van der Waals surface area contributed by atoms with Crippen LogP contribution >= 0.6 is 23.1 Å². The maximum absolute atomic E-state index is 14.2. The lowest BCUT2D eigenvalue weighted by molar-refractivity contribution is -0.111. The molecule has 1 aliphatic rings. The summed E-state index contributed by atoms with van der Waals surface area (Å²) < 4.78 is 27.8. The molecule has 0 bridgehead atoms. The van der Waals surface area contributed by atoms with Crippen molar-refractivity contribution in [2.75, 3.05) is 0 Å². The van der Waals surface area contributed by atoms with Crippen LogP contribution < -0.4 is 4.74 Å². The van der Waals surface area contributed by atoms with E-state index in [1.807, 2.05) is 48.0 Å². The van der Waals surface area contributed by atoms with E-state index in [0.717, 1.165) is 22.4 Å². The maximum Gasteiger partial charge on any atom is 0.227 e. The Morgan fingerprint density at radius 3 is 2.90 bits per heavy atom. The van der Waals surface area contributed by atoms with Crippen molar-refractivity contribution in [2.45, 2.75) is 30.7 Å². The van der Waals surface area contributed by atoms with E-state index in [9.17, 15) is 4.39 Å². The summed E-state index contributed by atoms with van der Waals surface area (Å²) in [7, 11) is 0. The first-order chi connectivity index (χ1) is 14.7. The zero-order chi connectivity index (χ0) is 20.5. The summed E-state index contributed by atoms with van der Waals surface area (Å²) in [5.74, 6) is 0.812. The Hall–Kier alpha value is -2.75. The van der Waals surface area contributed by atoms with E-state index in [4.69, 9.17) is 9.47 Å². The smallest absolute Gasteiger partial charge is 0.227 e. The fourth-order valence-electron chi connectivity index (χ4n) is 3.22. The van der Waals surface area contributed by atoms with E-state index in [1.54, 1.807) is 16.0 Å². The van der Waals surface area contributed by atoms with Crippen molar-refractivity contribution >= 4 is 23.1 Å². The number of thiophene rings is 1. The third-order valence-electron chi connectivity index (χ3n) is 4.71. The van der Waals surface area contributed by atoms with Crippen molar-refractivity contribution in [2.24, 2.45) is 0 Å².